The fraction of sp³-hybridized carbons (Fsp3) is 0.294. The van der Waals surface area contributed by atoms with E-state index in [9.17, 15) is 8.60 Å². The first kappa shape index (κ1) is 15.7. The molecule has 1 heterocycles. The van der Waals surface area contributed by atoms with Crippen LogP contribution in [0.15, 0.2) is 35.2 Å². The Morgan fingerprint density at radius 1 is 1.14 bits per heavy atom. The molecule has 4 heteroatoms. The predicted octanol–water partition coefficient (Wildman–Crippen LogP) is 4.46. The van der Waals surface area contributed by atoms with Gasteiger partial charge in [0.2, 0.25) is 0 Å². The van der Waals surface area contributed by atoms with E-state index in [0.29, 0.717) is 17.9 Å². The summed E-state index contributed by atoms with van der Waals surface area (Å²) in [6.45, 7) is 6.18. The van der Waals surface area contributed by atoms with Gasteiger partial charge in [0.1, 0.15) is 18.2 Å². The van der Waals surface area contributed by atoms with E-state index in [4.69, 9.17) is 4.74 Å². The molecule has 0 aliphatic carbocycles. The highest BCUT2D eigenvalue weighted by Gasteiger charge is 2.19. The van der Waals surface area contributed by atoms with Gasteiger partial charge in [-0.3, -0.25) is 4.21 Å². The Balaban J connectivity index is 0.000000774. The van der Waals surface area contributed by atoms with Crippen molar-refractivity contribution in [2.75, 3.05) is 6.26 Å². The van der Waals surface area contributed by atoms with Gasteiger partial charge >= 0.3 is 0 Å². The number of rotatable bonds is 1. The maximum Gasteiger partial charge on any atom is 0.128 e. The lowest BCUT2D eigenvalue weighted by Crippen LogP contribution is -2.07. The topological polar surface area (TPSA) is 26.3 Å². The molecule has 0 bridgehead atoms. The van der Waals surface area contributed by atoms with Crippen molar-refractivity contribution in [3.05, 3.63) is 47.3 Å². The highest BCUT2D eigenvalue weighted by atomic mass is 32.2. The van der Waals surface area contributed by atoms with Gasteiger partial charge in [-0.1, -0.05) is 19.9 Å². The number of hydrogen-bond donors (Lipinski definition) is 0. The summed E-state index contributed by atoms with van der Waals surface area (Å²) in [6.07, 6.45) is 1.64. The molecule has 0 spiro atoms. The number of hydrogen-bond acceptors (Lipinski definition) is 2. The molecule has 0 N–H and O–H groups in total. The van der Waals surface area contributed by atoms with E-state index in [1.165, 1.54) is 6.07 Å². The zero-order valence-electron chi connectivity index (χ0n) is 12.7. The minimum absolute atomic E-state index is 0.252. The van der Waals surface area contributed by atoms with E-state index in [0.717, 1.165) is 21.6 Å². The fourth-order valence-corrected chi connectivity index (χ4v) is 2.79. The molecule has 0 radical (unpaired) electrons. The molecule has 112 valence electrons. The van der Waals surface area contributed by atoms with Crippen molar-refractivity contribution < 1.29 is 13.3 Å². The molecule has 21 heavy (non-hydrogen) atoms. The standard InChI is InChI=1S/C15H13FO2S.C2H6/c1-9-5-15-13(7-14(9)16)12-6-11(19(2)17)4-3-10(12)8-18-15;1-2/h3-7H,8H2,1-2H3;1-2H3. The summed E-state index contributed by atoms with van der Waals surface area (Å²) in [6, 6.07) is 8.79. The average molecular weight is 306 g/mol. The predicted molar refractivity (Wildman–Crippen MR) is 84.6 cm³/mol. The zero-order chi connectivity index (χ0) is 15.6. The second-order valence-electron chi connectivity index (χ2n) is 4.66. The first-order valence-electron chi connectivity index (χ1n) is 6.96. The van der Waals surface area contributed by atoms with Gasteiger partial charge in [-0.25, -0.2) is 4.39 Å². The minimum atomic E-state index is -1.05. The smallest absolute Gasteiger partial charge is 0.128 e. The normalized spacial score (nSPS) is 13.2. The van der Waals surface area contributed by atoms with Crippen LogP contribution in [-0.4, -0.2) is 10.5 Å². The maximum atomic E-state index is 13.7. The van der Waals surface area contributed by atoms with E-state index in [1.807, 2.05) is 32.0 Å². The van der Waals surface area contributed by atoms with Crippen LogP contribution >= 0.6 is 0 Å². The Morgan fingerprint density at radius 2 is 1.86 bits per heavy atom. The van der Waals surface area contributed by atoms with Crippen LogP contribution in [-0.2, 0) is 17.4 Å². The van der Waals surface area contributed by atoms with Crippen LogP contribution in [0.4, 0.5) is 4.39 Å². The number of fused-ring (bicyclic) bond motifs is 3. The van der Waals surface area contributed by atoms with Gasteiger partial charge in [0.25, 0.3) is 0 Å². The second kappa shape index (κ2) is 6.39. The van der Waals surface area contributed by atoms with Crippen molar-refractivity contribution in [1.29, 1.82) is 0 Å². The quantitative estimate of drug-likeness (QED) is 0.777. The maximum absolute atomic E-state index is 13.7. The molecule has 0 amide bonds. The lowest BCUT2D eigenvalue weighted by molar-refractivity contribution is 0.301. The van der Waals surface area contributed by atoms with E-state index >= 15 is 0 Å². The summed E-state index contributed by atoms with van der Waals surface area (Å²) >= 11 is 0. The highest BCUT2D eigenvalue weighted by molar-refractivity contribution is 7.84. The lowest BCUT2D eigenvalue weighted by atomic mass is 9.96. The Kier molecular flexibility index (Phi) is 4.78. The summed E-state index contributed by atoms with van der Waals surface area (Å²) < 4.78 is 31.0. The molecule has 3 rings (SSSR count). The summed E-state index contributed by atoms with van der Waals surface area (Å²) in [7, 11) is -1.05. The highest BCUT2D eigenvalue weighted by Crippen LogP contribution is 2.39. The minimum Gasteiger partial charge on any atom is -0.488 e. The second-order valence-corrected chi connectivity index (χ2v) is 6.04. The Morgan fingerprint density at radius 3 is 2.52 bits per heavy atom. The van der Waals surface area contributed by atoms with Gasteiger partial charge in [0.05, 0.1) is 0 Å². The first-order chi connectivity index (χ1) is 10.1. The molecule has 1 unspecified atom stereocenters. The first-order valence-corrected chi connectivity index (χ1v) is 8.52. The molecule has 1 aliphatic heterocycles. The summed E-state index contributed by atoms with van der Waals surface area (Å²) in [5, 5.41) is 0. The third-order valence-corrected chi connectivity index (χ3v) is 4.27. The van der Waals surface area contributed by atoms with E-state index in [1.54, 1.807) is 19.2 Å². The number of halogens is 1. The third kappa shape index (κ3) is 3.00. The zero-order valence-corrected chi connectivity index (χ0v) is 13.5. The van der Waals surface area contributed by atoms with Crippen LogP contribution in [0, 0.1) is 12.7 Å². The number of ether oxygens (including phenoxy) is 1. The molecular formula is C17H19FO2S. The van der Waals surface area contributed by atoms with Crippen LogP contribution in [0.1, 0.15) is 25.0 Å². The van der Waals surface area contributed by atoms with Crippen LogP contribution < -0.4 is 4.74 Å². The largest absolute Gasteiger partial charge is 0.488 e. The van der Waals surface area contributed by atoms with E-state index < -0.39 is 10.8 Å². The SMILES string of the molecule is CC.Cc1cc2c(cc1F)-c1cc(S(C)=O)ccc1CO2. The molecule has 2 aromatic rings. The van der Waals surface area contributed by atoms with E-state index in [2.05, 4.69) is 0 Å². The Hall–Kier alpha value is -1.68. The molecule has 2 nitrogen and oxygen atoms in total. The molecule has 0 saturated carbocycles. The molecule has 2 aromatic carbocycles. The van der Waals surface area contributed by atoms with Gasteiger partial charge in [0, 0.05) is 27.5 Å². The van der Waals surface area contributed by atoms with Crippen molar-refractivity contribution >= 4 is 10.8 Å². The van der Waals surface area contributed by atoms with Crippen molar-refractivity contribution in [3.63, 3.8) is 0 Å². The molecular weight excluding hydrogens is 287 g/mol. The van der Waals surface area contributed by atoms with Crippen LogP contribution in [0.3, 0.4) is 0 Å². The van der Waals surface area contributed by atoms with Crippen LogP contribution in [0.25, 0.3) is 11.1 Å². The van der Waals surface area contributed by atoms with E-state index in [-0.39, 0.29) is 5.82 Å². The molecule has 0 fully saturated rings. The Labute approximate surface area is 127 Å². The Bertz CT molecular complexity index is 695. The summed E-state index contributed by atoms with van der Waals surface area (Å²) in [4.78, 5) is 0.743. The van der Waals surface area contributed by atoms with Gasteiger partial charge < -0.3 is 4.74 Å². The molecule has 1 aliphatic rings. The van der Waals surface area contributed by atoms with Crippen molar-refractivity contribution in [2.24, 2.45) is 0 Å². The molecule has 1 atom stereocenters. The number of aryl methyl sites for hydroxylation is 1. The average Bonchev–Trinajstić information content (AvgIpc) is 2.50. The lowest BCUT2D eigenvalue weighted by Gasteiger charge is -2.22. The number of benzene rings is 2. The third-order valence-electron chi connectivity index (χ3n) is 3.35. The van der Waals surface area contributed by atoms with Gasteiger partial charge in [-0.2, -0.15) is 0 Å². The molecule has 0 aromatic heterocycles. The van der Waals surface area contributed by atoms with Gasteiger partial charge in [0.15, 0.2) is 0 Å². The van der Waals surface area contributed by atoms with Crippen molar-refractivity contribution in [3.8, 4) is 16.9 Å². The summed E-state index contributed by atoms with van der Waals surface area (Å²) in [5.74, 6) is 0.434. The van der Waals surface area contributed by atoms with Crippen molar-refractivity contribution in [2.45, 2.75) is 32.3 Å². The summed E-state index contributed by atoms with van der Waals surface area (Å²) in [5.41, 5.74) is 3.20. The van der Waals surface area contributed by atoms with Crippen molar-refractivity contribution in [1.82, 2.24) is 0 Å². The van der Waals surface area contributed by atoms with Gasteiger partial charge in [-0.05, 0) is 47.9 Å². The fourth-order valence-electron chi connectivity index (χ4n) is 2.25. The van der Waals surface area contributed by atoms with Crippen LogP contribution in [0.5, 0.6) is 5.75 Å². The molecule has 0 saturated heterocycles. The monoisotopic (exact) mass is 306 g/mol. The van der Waals surface area contributed by atoms with Gasteiger partial charge in [-0.15, -0.1) is 0 Å². The van der Waals surface area contributed by atoms with Crippen LogP contribution in [0.2, 0.25) is 0 Å².